The summed E-state index contributed by atoms with van der Waals surface area (Å²) in [6, 6.07) is 6.80. The second-order valence-electron chi connectivity index (χ2n) is 5.10. The summed E-state index contributed by atoms with van der Waals surface area (Å²) < 4.78 is 5.40. The Hall–Kier alpha value is -2.96. The number of hydrogen-bond donors (Lipinski definition) is 1. The van der Waals surface area contributed by atoms with Crippen molar-refractivity contribution in [2.24, 2.45) is 0 Å². The van der Waals surface area contributed by atoms with Crippen molar-refractivity contribution in [3.63, 3.8) is 0 Å². The Morgan fingerprint density at radius 3 is 2.65 bits per heavy atom. The fraction of sp³-hybridized carbons (Fsp3) is 0.250. The van der Waals surface area contributed by atoms with Crippen LogP contribution in [0.25, 0.3) is 0 Å². The van der Waals surface area contributed by atoms with E-state index in [4.69, 9.17) is 4.74 Å². The van der Waals surface area contributed by atoms with Crippen LogP contribution in [-0.4, -0.2) is 47.4 Å². The molecular weight excluding hydrogens is 296 g/mol. The molecule has 0 atom stereocenters. The Kier molecular flexibility index (Phi) is 5.24. The molecule has 0 radical (unpaired) electrons. The van der Waals surface area contributed by atoms with Gasteiger partial charge in [0.2, 0.25) is 0 Å². The fourth-order valence-corrected chi connectivity index (χ4v) is 1.64. The molecule has 0 unspecified atom stereocenters. The average Bonchev–Trinajstić information content (AvgIpc) is 2.53. The summed E-state index contributed by atoms with van der Waals surface area (Å²) in [6.45, 7) is 1.73. The van der Waals surface area contributed by atoms with E-state index >= 15 is 0 Å². The Bertz CT molecular complexity index is 699. The first-order valence-electron chi connectivity index (χ1n) is 6.98. The van der Waals surface area contributed by atoms with Gasteiger partial charge in [-0.15, -0.1) is 0 Å². The first-order valence-corrected chi connectivity index (χ1v) is 6.98. The maximum atomic E-state index is 12.1. The largest absolute Gasteiger partial charge is 0.484 e. The molecule has 7 heteroatoms. The van der Waals surface area contributed by atoms with Crippen LogP contribution in [0.3, 0.4) is 0 Å². The quantitative estimate of drug-likeness (QED) is 0.904. The molecule has 1 aromatic heterocycles. The van der Waals surface area contributed by atoms with E-state index in [1.165, 1.54) is 17.3 Å². The van der Waals surface area contributed by atoms with Crippen molar-refractivity contribution in [2.45, 2.75) is 6.92 Å². The molecule has 0 aliphatic rings. The van der Waals surface area contributed by atoms with Gasteiger partial charge >= 0.3 is 0 Å². The van der Waals surface area contributed by atoms with Crippen molar-refractivity contribution in [2.75, 3.05) is 26.0 Å². The van der Waals surface area contributed by atoms with Gasteiger partial charge in [-0.2, -0.15) is 0 Å². The number of nitrogens with zero attached hydrogens (tertiary/aromatic N) is 3. The molecular formula is C16H18N4O3. The van der Waals surface area contributed by atoms with E-state index in [1.54, 1.807) is 45.3 Å². The molecule has 1 N–H and O–H groups in total. The number of rotatable bonds is 5. The molecule has 0 aliphatic heterocycles. The van der Waals surface area contributed by atoms with Crippen molar-refractivity contribution in [3.05, 3.63) is 48.0 Å². The number of benzene rings is 1. The van der Waals surface area contributed by atoms with Gasteiger partial charge in [0.1, 0.15) is 11.4 Å². The number of aryl methyl sites for hydroxylation is 1. The van der Waals surface area contributed by atoms with Crippen LogP contribution in [0, 0.1) is 6.92 Å². The lowest BCUT2D eigenvalue weighted by Crippen LogP contribution is -2.27. The predicted octanol–water partition coefficient (Wildman–Crippen LogP) is 1.50. The van der Waals surface area contributed by atoms with Crippen LogP contribution in [0.4, 0.5) is 5.69 Å². The average molecular weight is 314 g/mol. The first kappa shape index (κ1) is 16.4. The molecule has 2 amide bonds. The Morgan fingerprint density at radius 1 is 1.22 bits per heavy atom. The zero-order valence-corrected chi connectivity index (χ0v) is 13.2. The molecule has 0 bridgehead atoms. The molecule has 1 aromatic carbocycles. The third-order valence-electron chi connectivity index (χ3n) is 2.97. The Balaban J connectivity index is 2.00. The molecule has 0 saturated carbocycles. The van der Waals surface area contributed by atoms with Gasteiger partial charge in [0, 0.05) is 32.0 Å². The van der Waals surface area contributed by atoms with Gasteiger partial charge in [-0.05, 0) is 19.1 Å². The summed E-state index contributed by atoms with van der Waals surface area (Å²) in [7, 11) is 3.32. The number of aromatic nitrogens is 2. The number of likely N-dealkylation sites (N-methyl/N-ethyl adjacent to an activating group) is 1. The van der Waals surface area contributed by atoms with E-state index < -0.39 is 0 Å². The van der Waals surface area contributed by atoms with E-state index in [9.17, 15) is 9.59 Å². The van der Waals surface area contributed by atoms with Crippen LogP contribution < -0.4 is 10.1 Å². The molecule has 0 fully saturated rings. The van der Waals surface area contributed by atoms with Crippen molar-refractivity contribution in [3.8, 4) is 5.75 Å². The lowest BCUT2D eigenvalue weighted by atomic mass is 10.3. The van der Waals surface area contributed by atoms with Gasteiger partial charge < -0.3 is 15.0 Å². The summed E-state index contributed by atoms with van der Waals surface area (Å²) in [4.78, 5) is 33.1. The molecule has 0 spiro atoms. The Labute approximate surface area is 134 Å². The third kappa shape index (κ3) is 4.77. The summed E-state index contributed by atoms with van der Waals surface area (Å²) in [6.07, 6.45) is 2.95. The normalized spacial score (nSPS) is 10.0. The van der Waals surface area contributed by atoms with Crippen LogP contribution >= 0.6 is 0 Å². The fourth-order valence-electron chi connectivity index (χ4n) is 1.64. The summed E-state index contributed by atoms with van der Waals surface area (Å²) in [5.41, 5.74) is 1.51. The molecule has 23 heavy (non-hydrogen) atoms. The van der Waals surface area contributed by atoms with E-state index in [0.29, 0.717) is 11.4 Å². The molecule has 0 saturated heterocycles. The highest BCUT2D eigenvalue weighted by Gasteiger charge is 2.09. The highest BCUT2D eigenvalue weighted by atomic mass is 16.5. The SMILES string of the molecule is Cc1cnc(C(=O)Nc2cccc(OCC(=O)N(C)C)c2)cn1. The highest BCUT2D eigenvalue weighted by Crippen LogP contribution is 2.18. The van der Waals surface area contributed by atoms with Gasteiger partial charge in [0.15, 0.2) is 6.61 Å². The molecule has 2 rings (SSSR count). The standard InChI is InChI=1S/C16H18N4O3/c1-11-8-18-14(9-17-11)16(22)19-12-5-4-6-13(7-12)23-10-15(21)20(2)3/h4-9H,10H2,1-3H3,(H,19,22). The second-order valence-corrected chi connectivity index (χ2v) is 5.10. The number of anilines is 1. The Morgan fingerprint density at radius 2 is 2.00 bits per heavy atom. The van der Waals surface area contributed by atoms with Crippen LogP contribution in [0.2, 0.25) is 0 Å². The van der Waals surface area contributed by atoms with E-state index in [0.717, 1.165) is 5.69 Å². The van der Waals surface area contributed by atoms with Crippen LogP contribution in [0.5, 0.6) is 5.75 Å². The van der Waals surface area contributed by atoms with Crippen molar-refractivity contribution in [1.82, 2.24) is 14.9 Å². The lowest BCUT2D eigenvalue weighted by molar-refractivity contribution is -0.130. The minimum atomic E-state index is -0.362. The van der Waals surface area contributed by atoms with Gasteiger partial charge in [-0.3, -0.25) is 14.6 Å². The molecule has 0 aliphatic carbocycles. The number of amides is 2. The maximum absolute atomic E-state index is 12.1. The summed E-state index contributed by atoms with van der Waals surface area (Å²) in [5, 5.41) is 2.71. The molecule has 1 heterocycles. The summed E-state index contributed by atoms with van der Waals surface area (Å²) in [5.74, 6) is -0.0126. The maximum Gasteiger partial charge on any atom is 0.275 e. The topological polar surface area (TPSA) is 84.4 Å². The minimum Gasteiger partial charge on any atom is -0.484 e. The van der Waals surface area contributed by atoms with Crippen LogP contribution in [-0.2, 0) is 4.79 Å². The first-order chi connectivity index (χ1) is 11.0. The molecule has 2 aromatic rings. The van der Waals surface area contributed by atoms with Crippen LogP contribution in [0.15, 0.2) is 36.7 Å². The van der Waals surface area contributed by atoms with Gasteiger partial charge in [-0.25, -0.2) is 4.98 Å². The highest BCUT2D eigenvalue weighted by molar-refractivity contribution is 6.02. The van der Waals surface area contributed by atoms with Gasteiger partial charge in [-0.1, -0.05) is 6.07 Å². The number of carbonyl (C=O) groups is 2. The summed E-state index contributed by atoms with van der Waals surface area (Å²) >= 11 is 0. The van der Waals surface area contributed by atoms with Gasteiger partial charge in [0.05, 0.1) is 11.9 Å². The van der Waals surface area contributed by atoms with Crippen LogP contribution in [0.1, 0.15) is 16.2 Å². The number of nitrogens with one attached hydrogen (secondary N) is 1. The molecule has 7 nitrogen and oxygen atoms in total. The van der Waals surface area contributed by atoms with Crippen molar-refractivity contribution < 1.29 is 14.3 Å². The van der Waals surface area contributed by atoms with E-state index in [-0.39, 0.29) is 24.1 Å². The smallest absolute Gasteiger partial charge is 0.275 e. The van der Waals surface area contributed by atoms with Gasteiger partial charge in [0.25, 0.3) is 11.8 Å². The number of ether oxygens (including phenoxy) is 1. The number of hydrogen-bond acceptors (Lipinski definition) is 5. The zero-order chi connectivity index (χ0) is 16.8. The molecule has 120 valence electrons. The van der Waals surface area contributed by atoms with Crippen molar-refractivity contribution in [1.29, 1.82) is 0 Å². The lowest BCUT2D eigenvalue weighted by Gasteiger charge is -2.12. The monoisotopic (exact) mass is 314 g/mol. The third-order valence-corrected chi connectivity index (χ3v) is 2.97. The predicted molar refractivity (Wildman–Crippen MR) is 85.4 cm³/mol. The second kappa shape index (κ2) is 7.35. The van der Waals surface area contributed by atoms with E-state index in [1.807, 2.05) is 0 Å². The zero-order valence-electron chi connectivity index (χ0n) is 13.2. The minimum absolute atomic E-state index is 0.0617. The van der Waals surface area contributed by atoms with E-state index in [2.05, 4.69) is 15.3 Å². The van der Waals surface area contributed by atoms with Crippen molar-refractivity contribution >= 4 is 17.5 Å². The number of carbonyl (C=O) groups excluding carboxylic acids is 2.